The SMILES string of the molecule is CCCCCCCCP(C)C1CCCCC1. The smallest absolute Gasteiger partial charge is 0.0212 e. The fourth-order valence-corrected chi connectivity index (χ4v) is 5.18. The Labute approximate surface area is 104 Å². The molecule has 0 spiro atoms. The van der Waals surface area contributed by atoms with Gasteiger partial charge in [0.2, 0.25) is 0 Å². The molecule has 1 saturated carbocycles. The Morgan fingerprint density at radius 2 is 1.50 bits per heavy atom. The summed E-state index contributed by atoms with van der Waals surface area (Å²) < 4.78 is 0. The molecule has 0 heterocycles. The zero-order valence-electron chi connectivity index (χ0n) is 11.5. The lowest BCUT2D eigenvalue weighted by molar-refractivity contribution is 0.510. The van der Waals surface area contributed by atoms with Crippen LogP contribution in [0.3, 0.4) is 0 Å². The summed E-state index contributed by atoms with van der Waals surface area (Å²) in [5, 5.41) is 0. The van der Waals surface area contributed by atoms with Crippen molar-refractivity contribution in [3.05, 3.63) is 0 Å². The van der Waals surface area contributed by atoms with E-state index in [-0.39, 0.29) is 0 Å². The van der Waals surface area contributed by atoms with Crippen molar-refractivity contribution in [2.24, 2.45) is 0 Å². The van der Waals surface area contributed by atoms with E-state index in [4.69, 9.17) is 0 Å². The van der Waals surface area contributed by atoms with Gasteiger partial charge in [-0.05, 0) is 37.7 Å². The van der Waals surface area contributed by atoms with Crippen molar-refractivity contribution >= 4 is 7.92 Å². The van der Waals surface area contributed by atoms with Crippen LogP contribution in [0.4, 0.5) is 0 Å². The maximum atomic E-state index is 2.57. The lowest BCUT2D eigenvalue weighted by Crippen LogP contribution is -2.11. The number of unbranched alkanes of at least 4 members (excludes halogenated alkanes) is 5. The monoisotopic (exact) mass is 242 g/mol. The van der Waals surface area contributed by atoms with Gasteiger partial charge in [-0.25, -0.2) is 0 Å². The van der Waals surface area contributed by atoms with Gasteiger partial charge in [0.05, 0.1) is 0 Å². The summed E-state index contributed by atoms with van der Waals surface area (Å²) in [4.78, 5) is 0. The van der Waals surface area contributed by atoms with Crippen LogP contribution in [0.25, 0.3) is 0 Å². The van der Waals surface area contributed by atoms with Gasteiger partial charge in [0.1, 0.15) is 0 Å². The number of rotatable bonds is 8. The molecule has 0 aromatic carbocycles. The average molecular weight is 242 g/mol. The highest BCUT2D eigenvalue weighted by atomic mass is 31.1. The summed E-state index contributed by atoms with van der Waals surface area (Å²) in [6.07, 6.45) is 18.0. The Morgan fingerprint density at radius 3 is 2.19 bits per heavy atom. The molecular weight excluding hydrogens is 211 g/mol. The third-order valence-electron chi connectivity index (χ3n) is 4.06. The molecule has 0 saturated heterocycles. The van der Waals surface area contributed by atoms with Crippen LogP contribution in [0.1, 0.15) is 77.6 Å². The Balaban J connectivity index is 1.94. The molecule has 0 N–H and O–H groups in total. The Morgan fingerprint density at radius 1 is 0.875 bits per heavy atom. The van der Waals surface area contributed by atoms with Crippen molar-refractivity contribution in [1.29, 1.82) is 0 Å². The fraction of sp³-hybridized carbons (Fsp3) is 1.00. The molecule has 0 nitrogen and oxygen atoms in total. The zero-order valence-corrected chi connectivity index (χ0v) is 12.4. The predicted octanol–water partition coefficient (Wildman–Crippen LogP) is 5.79. The van der Waals surface area contributed by atoms with E-state index >= 15 is 0 Å². The number of hydrogen-bond acceptors (Lipinski definition) is 0. The summed E-state index contributed by atoms with van der Waals surface area (Å²) >= 11 is 0. The first-order valence-electron chi connectivity index (χ1n) is 7.55. The quantitative estimate of drug-likeness (QED) is 0.373. The Bertz CT molecular complexity index is 150. The van der Waals surface area contributed by atoms with Gasteiger partial charge in [-0.3, -0.25) is 0 Å². The first-order valence-corrected chi connectivity index (χ1v) is 9.59. The Hall–Kier alpha value is 0.430. The van der Waals surface area contributed by atoms with Gasteiger partial charge in [-0.1, -0.05) is 58.3 Å². The van der Waals surface area contributed by atoms with E-state index in [0.717, 1.165) is 5.66 Å². The van der Waals surface area contributed by atoms with Crippen molar-refractivity contribution in [3.63, 3.8) is 0 Å². The third kappa shape index (κ3) is 6.24. The van der Waals surface area contributed by atoms with E-state index in [1.165, 1.54) is 57.8 Å². The van der Waals surface area contributed by atoms with E-state index in [1.54, 1.807) is 19.0 Å². The molecular formula is C15H31P. The highest BCUT2D eigenvalue weighted by Crippen LogP contribution is 2.45. The molecule has 1 rings (SSSR count). The van der Waals surface area contributed by atoms with Crippen LogP contribution < -0.4 is 0 Å². The maximum Gasteiger partial charge on any atom is -0.0212 e. The molecule has 0 radical (unpaired) electrons. The van der Waals surface area contributed by atoms with Crippen LogP contribution in [0.15, 0.2) is 0 Å². The summed E-state index contributed by atoms with van der Waals surface area (Å²) in [5.41, 5.74) is 1.14. The topological polar surface area (TPSA) is 0 Å². The van der Waals surface area contributed by atoms with E-state index in [1.807, 2.05) is 0 Å². The molecule has 1 atom stereocenters. The summed E-state index contributed by atoms with van der Waals surface area (Å²) in [6.45, 7) is 4.87. The van der Waals surface area contributed by atoms with Crippen LogP contribution in [-0.4, -0.2) is 18.5 Å². The molecule has 0 amide bonds. The molecule has 96 valence electrons. The minimum atomic E-state index is 0.377. The maximum absolute atomic E-state index is 2.57. The van der Waals surface area contributed by atoms with Crippen LogP contribution in [0.2, 0.25) is 0 Å². The highest BCUT2D eigenvalue weighted by Gasteiger charge is 2.18. The largest absolute Gasteiger partial charge is 0.107 e. The lowest BCUT2D eigenvalue weighted by atomic mass is 10.0. The standard InChI is InChI=1S/C15H31P/c1-3-4-5-6-7-11-14-16(2)15-12-9-8-10-13-15/h15H,3-14H2,1-2H3. The number of hydrogen-bond donors (Lipinski definition) is 0. The van der Waals surface area contributed by atoms with Crippen molar-refractivity contribution in [2.75, 3.05) is 12.8 Å². The van der Waals surface area contributed by atoms with Gasteiger partial charge < -0.3 is 0 Å². The molecule has 0 aliphatic heterocycles. The van der Waals surface area contributed by atoms with Gasteiger partial charge in [0.15, 0.2) is 0 Å². The second kappa shape index (κ2) is 9.46. The summed E-state index contributed by atoms with van der Waals surface area (Å²) in [5.74, 6) is 0. The molecule has 0 aromatic rings. The predicted molar refractivity (Wildman–Crippen MR) is 78.0 cm³/mol. The van der Waals surface area contributed by atoms with Crippen LogP contribution in [0, 0.1) is 0 Å². The molecule has 16 heavy (non-hydrogen) atoms. The first kappa shape index (κ1) is 14.5. The average Bonchev–Trinajstić information content (AvgIpc) is 2.34. The van der Waals surface area contributed by atoms with Gasteiger partial charge in [0.25, 0.3) is 0 Å². The van der Waals surface area contributed by atoms with Gasteiger partial charge in [-0.2, -0.15) is 0 Å². The van der Waals surface area contributed by atoms with Crippen molar-refractivity contribution in [3.8, 4) is 0 Å². The third-order valence-corrected chi connectivity index (χ3v) is 6.85. The minimum absolute atomic E-state index is 0.377. The van der Waals surface area contributed by atoms with Crippen molar-refractivity contribution in [2.45, 2.75) is 83.2 Å². The molecule has 1 fully saturated rings. The first-order chi connectivity index (χ1) is 7.84. The van der Waals surface area contributed by atoms with Crippen LogP contribution >= 0.6 is 7.92 Å². The minimum Gasteiger partial charge on any atom is -0.107 e. The molecule has 1 heteroatoms. The fourth-order valence-electron chi connectivity index (χ4n) is 2.85. The second-order valence-electron chi connectivity index (χ2n) is 5.54. The Kier molecular flexibility index (Phi) is 8.57. The molecule has 0 aromatic heterocycles. The van der Waals surface area contributed by atoms with Crippen molar-refractivity contribution < 1.29 is 0 Å². The van der Waals surface area contributed by atoms with E-state index in [2.05, 4.69) is 13.6 Å². The van der Waals surface area contributed by atoms with Gasteiger partial charge >= 0.3 is 0 Å². The summed E-state index contributed by atoms with van der Waals surface area (Å²) in [6, 6.07) is 0. The normalized spacial score (nSPS) is 19.9. The molecule has 1 aliphatic carbocycles. The molecule has 0 bridgehead atoms. The van der Waals surface area contributed by atoms with E-state index in [0.29, 0.717) is 7.92 Å². The molecule has 1 aliphatic rings. The van der Waals surface area contributed by atoms with E-state index < -0.39 is 0 Å². The van der Waals surface area contributed by atoms with Crippen LogP contribution in [0.5, 0.6) is 0 Å². The highest BCUT2D eigenvalue weighted by molar-refractivity contribution is 7.57. The summed E-state index contributed by atoms with van der Waals surface area (Å²) in [7, 11) is 0.377. The van der Waals surface area contributed by atoms with Crippen molar-refractivity contribution in [1.82, 2.24) is 0 Å². The lowest BCUT2D eigenvalue weighted by Gasteiger charge is -2.28. The zero-order chi connectivity index (χ0) is 11.6. The molecule has 1 unspecified atom stereocenters. The van der Waals surface area contributed by atoms with Gasteiger partial charge in [-0.15, -0.1) is 7.92 Å². The van der Waals surface area contributed by atoms with Gasteiger partial charge in [0, 0.05) is 0 Å². The van der Waals surface area contributed by atoms with Crippen LogP contribution in [-0.2, 0) is 0 Å². The van der Waals surface area contributed by atoms with E-state index in [9.17, 15) is 0 Å². The second-order valence-corrected chi connectivity index (χ2v) is 8.23.